The zero-order chi connectivity index (χ0) is 9.52. The molecule has 0 aromatic carbocycles. The molecule has 73 valence electrons. The van der Waals surface area contributed by atoms with E-state index in [1.54, 1.807) is 18.3 Å². The monoisotopic (exact) mass is 273 g/mol. The Bertz CT molecular complexity index is 317. The van der Waals surface area contributed by atoms with Crippen LogP contribution in [0.3, 0.4) is 0 Å². The minimum Gasteiger partial charge on any atom is -0.364 e. The third-order valence-corrected chi connectivity index (χ3v) is 1.39. The molecule has 14 heavy (non-hydrogen) atoms. The van der Waals surface area contributed by atoms with E-state index in [1.165, 1.54) is 0 Å². The first-order valence-corrected chi connectivity index (χ1v) is 3.91. The molecule has 3 heteroatoms. The fourth-order valence-corrected chi connectivity index (χ4v) is 0.831. The van der Waals surface area contributed by atoms with Gasteiger partial charge < -0.3 is 5.32 Å². The largest absolute Gasteiger partial charge is 1.00 e. The Morgan fingerprint density at radius 3 is 2.71 bits per heavy atom. The average molecular weight is 272 g/mol. The molecule has 1 rings (SSSR count). The van der Waals surface area contributed by atoms with Crippen LogP contribution >= 0.6 is 0 Å². The minimum absolute atomic E-state index is 0. The van der Waals surface area contributed by atoms with Crippen LogP contribution in [-0.2, 0) is 19.5 Å². The van der Waals surface area contributed by atoms with Gasteiger partial charge in [-0.3, -0.25) is 0 Å². The fourth-order valence-electron chi connectivity index (χ4n) is 0.831. The molecule has 2 nitrogen and oxygen atoms in total. The van der Waals surface area contributed by atoms with Crippen molar-refractivity contribution in [1.82, 2.24) is 4.98 Å². The third kappa shape index (κ3) is 4.15. The molecule has 0 saturated carbocycles. The van der Waals surface area contributed by atoms with Crippen LogP contribution in [0.5, 0.6) is 0 Å². The molecule has 0 unspecified atom stereocenters. The first kappa shape index (κ1) is 12.8. The normalized spacial score (nSPS) is 9.86. The van der Waals surface area contributed by atoms with Gasteiger partial charge in [0.2, 0.25) is 0 Å². The van der Waals surface area contributed by atoms with E-state index < -0.39 is 0 Å². The summed E-state index contributed by atoms with van der Waals surface area (Å²) >= 11 is 0. The molecule has 0 amide bonds. The number of aromatic nitrogens is 1. The molecule has 0 aliphatic heterocycles. The molecular formula is C11H11N2Ru. The van der Waals surface area contributed by atoms with Crippen molar-refractivity contribution in [1.29, 1.82) is 0 Å². The summed E-state index contributed by atoms with van der Waals surface area (Å²) in [5, 5.41) is 3.03. The van der Waals surface area contributed by atoms with Crippen molar-refractivity contribution in [2.45, 2.75) is 0 Å². The second kappa shape index (κ2) is 7.22. The predicted molar refractivity (Wildman–Crippen MR) is 55.0 cm³/mol. The Hall–Kier alpha value is -1.21. The second-order valence-electron chi connectivity index (χ2n) is 2.31. The molecule has 0 spiro atoms. The summed E-state index contributed by atoms with van der Waals surface area (Å²) in [5.74, 6) is 0.770. The van der Waals surface area contributed by atoms with Gasteiger partial charge in [-0.05, 0) is 12.1 Å². The van der Waals surface area contributed by atoms with E-state index in [1.807, 2.05) is 18.2 Å². The van der Waals surface area contributed by atoms with Crippen LogP contribution < -0.4 is 5.32 Å². The zero-order valence-electron chi connectivity index (χ0n) is 7.68. The smallest absolute Gasteiger partial charge is 0.364 e. The summed E-state index contributed by atoms with van der Waals surface area (Å²) in [6.45, 7) is 7.19. The Labute approximate surface area is 97.2 Å². The standard InChI is InChI=1S/C11H11N2.Ru/c1-3-7-10(4-2)13-11-8-5-6-9-12-11;/h3-6,8-9H,1-2H2,(H,12,13);/q-1;+1. The van der Waals surface area contributed by atoms with Crippen LogP contribution in [0.15, 0.2) is 55.4 Å². The van der Waals surface area contributed by atoms with E-state index in [9.17, 15) is 0 Å². The van der Waals surface area contributed by atoms with E-state index in [0.29, 0.717) is 0 Å². The number of hydrogen-bond acceptors (Lipinski definition) is 2. The van der Waals surface area contributed by atoms with Crippen molar-refractivity contribution in [2.75, 3.05) is 5.32 Å². The van der Waals surface area contributed by atoms with Crippen LogP contribution in [0, 0.1) is 6.08 Å². The Morgan fingerprint density at radius 2 is 2.21 bits per heavy atom. The van der Waals surface area contributed by atoms with Gasteiger partial charge in [0.1, 0.15) is 5.82 Å². The van der Waals surface area contributed by atoms with Crippen molar-refractivity contribution in [3.63, 3.8) is 0 Å². The molecule has 1 aromatic heterocycles. The van der Waals surface area contributed by atoms with E-state index in [0.717, 1.165) is 11.5 Å². The molecule has 1 heterocycles. The summed E-state index contributed by atoms with van der Waals surface area (Å²) in [7, 11) is 0. The topological polar surface area (TPSA) is 24.9 Å². The number of rotatable bonds is 4. The van der Waals surface area contributed by atoms with Gasteiger partial charge >= 0.3 is 19.5 Å². The maximum Gasteiger partial charge on any atom is 1.00 e. The van der Waals surface area contributed by atoms with Crippen molar-refractivity contribution < 1.29 is 19.5 Å². The van der Waals surface area contributed by atoms with Crippen LogP contribution in [0.4, 0.5) is 5.82 Å². The van der Waals surface area contributed by atoms with Crippen molar-refractivity contribution in [3.8, 4) is 0 Å². The van der Waals surface area contributed by atoms with Crippen molar-refractivity contribution >= 4 is 5.82 Å². The molecule has 1 radical (unpaired) electrons. The number of pyridine rings is 1. The molecule has 1 N–H and O–H groups in total. The van der Waals surface area contributed by atoms with E-state index in [-0.39, 0.29) is 19.5 Å². The summed E-state index contributed by atoms with van der Waals surface area (Å²) in [4.78, 5) is 4.09. The van der Waals surface area contributed by atoms with E-state index >= 15 is 0 Å². The molecule has 0 aliphatic carbocycles. The van der Waals surface area contributed by atoms with Crippen LogP contribution in [0.2, 0.25) is 0 Å². The molecule has 0 fully saturated rings. The van der Waals surface area contributed by atoms with E-state index in [4.69, 9.17) is 0 Å². The van der Waals surface area contributed by atoms with Crippen molar-refractivity contribution in [3.05, 3.63) is 61.5 Å². The van der Waals surface area contributed by atoms with Gasteiger partial charge in [0.25, 0.3) is 0 Å². The summed E-state index contributed by atoms with van der Waals surface area (Å²) in [6.07, 6.45) is 7.85. The predicted octanol–water partition coefficient (Wildman–Crippen LogP) is 2.55. The van der Waals surface area contributed by atoms with Gasteiger partial charge in [-0.1, -0.05) is 11.8 Å². The zero-order valence-corrected chi connectivity index (χ0v) is 9.42. The minimum atomic E-state index is 0. The quantitative estimate of drug-likeness (QED) is 0.517. The number of allylic oxidation sites excluding steroid dienone is 3. The van der Waals surface area contributed by atoms with Crippen molar-refractivity contribution in [2.24, 2.45) is 0 Å². The molecule has 0 atom stereocenters. The molecular weight excluding hydrogens is 261 g/mol. The number of nitrogens with zero attached hydrogens (tertiary/aromatic N) is 1. The van der Waals surface area contributed by atoms with Gasteiger partial charge in [-0.15, -0.1) is 6.08 Å². The number of anilines is 1. The maximum atomic E-state index is 4.09. The summed E-state index contributed by atoms with van der Waals surface area (Å²) < 4.78 is 0. The Morgan fingerprint density at radius 1 is 1.43 bits per heavy atom. The third-order valence-electron chi connectivity index (χ3n) is 1.39. The number of hydrogen-bond donors (Lipinski definition) is 1. The molecule has 0 aliphatic rings. The summed E-state index contributed by atoms with van der Waals surface area (Å²) in [6, 6.07) is 5.64. The van der Waals surface area contributed by atoms with Gasteiger partial charge in [0.15, 0.2) is 0 Å². The maximum absolute atomic E-state index is 4.09. The SMILES string of the molecule is C=C[C-]=C(C=C)Nc1ccccn1.[Ru+]. The first-order valence-electron chi connectivity index (χ1n) is 3.91. The van der Waals surface area contributed by atoms with E-state index in [2.05, 4.69) is 29.5 Å². The number of nitrogens with one attached hydrogen (secondary N) is 1. The van der Waals surface area contributed by atoms with Gasteiger partial charge in [-0.2, -0.15) is 25.3 Å². The fraction of sp³-hybridized carbons (Fsp3) is 0. The Balaban J connectivity index is 0.00000169. The summed E-state index contributed by atoms with van der Waals surface area (Å²) in [5.41, 5.74) is 0.758. The van der Waals surface area contributed by atoms with Gasteiger partial charge in [-0.25, -0.2) is 4.98 Å². The van der Waals surface area contributed by atoms with Crippen LogP contribution in [0.25, 0.3) is 0 Å². The van der Waals surface area contributed by atoms with Crippen LogP contribution in [0.1, 0.15) is 0 Å². The Kier molecular flexibility index (Phi) is 6.60. The molecule has 0 bridgehead atoms. The first-order chi connectivity index (χ1) is 6.36. The molecule has 1 aromatic rings. The van der Waals surface area contributed by atoms with Crippen LogP contribution in [-0.4, -0.2) is 4.98 Å². The average Bonchev–Trinajstić information content (AvgIpc) is 2.19. The van der Waals surface area contributed by atoms with Gasteiger partial charge in [0, 0.05) is 6.20 Å². The van der Waals surface area contributed by atoms with Gasteiger partial charge in [0.05, 0.1) is 0 Å². The second-order valence-corrected chi connectivity index (χ2v) is 2.31. The molecule has 0 saturated heterocycles.